The molecule has 0 fully saturated rings. The Morgan fingerprint density at radius 2 is 2.14 bits per heavy atom. The number of thioether (sulfide) groups is 1. The van der Waals surface area contributed by atoms with E-state index in [1.165, 1.54) is 9.37 Å². The van der Waals surface area contributed by atoms with Crippen LogP contribution in [0, 0.1) is 0 Å². The van der Waals surface area contributed by atoms with Gasteiger partial charge in [-0.3, -0.25) is 0 Å². The van der Waals surface area contributed by atoms with Crippen LogP contribution in [0.3, 0.4) is 0 Å². The lowest BCUT2D eigenvalue weighted by Crippen LogP contribution is -2.27. The summed E-state index contributed by atoms with van der Waals surface area (Å²) in [4.78, 5) is 1.32. The van der Waals surface area contributed by atoms with E-state index in [4.69, 9.17) is 0 Å². The molecule has 1 aromatic rings. The Balaban J connectivity index is 2.41. The Morgan fingerprint density at radius 1 is 1.43 bits per heavy atom. The lowest BCUT2D eigenvalue weighted by Gasteiger charge is -2.11. The molecule has 1 unspecified atom stereocenters. The van der Waals surface area contributed by atoms with E-state index in [2.05, 4.69) is 53.3 Å². The van der Waals surface area contributed by atoms with Crippen molar-refractivity contribution in [3.63, 3.8) is 0 Å². The first kappa shape index (κ1) is 12.1. The fraction of sp³-hybridized carbons (Fsp3) is 0.455. The maximum Gasteiger partial charge on any atom is 0.0311 e. The zero-order chi connectivity index (χ0) is 10.4. The van der Waals surface area contributed by atoms with Gasteiger partial charge in [0.25, 0.3) is 0 Å². The molecule has 0 bridgehead atoms. The van der Waals surface area contributed by atoms with Gasteiger partial charge in [-0.1, -0.05) is 19.1 Å². The van der Waals surface area contributed by atoms with Crippen LogP contribution in [0.4, 0.5) is 0 Å². The van der Waals surface area contributed by atoms with E-state index in [-0.39, 0.29) is 0 Å². The summed E-state index contributed by atoms with van der Waals surface area (Å²) in [5.41, 5.74) is 0. The summed E-state index contributed by atoms with van der Waals surface area (Å²) >= 11 is 5.43. The zero-order valence-corrected chi connectivity index (χ0v) is 11.0. The minimum atomic E-state index is 0.567. The van der Waals surface area contributed by atoms with Crippen LogP contribution in [-0.4, -0.2) is 18.3 Å². The third-order valence-electron chi connectivity index (χ3n) is 1.88. The Morgan fingerprint density at radius 3 is 2.79 bits per heavy atom. The van der Waals surface area contributed by atoms with Crippen LogP contribution in [0.1, 0.15) is 13.8 Å². The Kier molecular flexibility index (Phi) is 5.60. The van der Waals surface area contributed by atoms with Crippen LogP contribution in [0.25, 0.3) is 0 Å². The molecule has 1 N–H and O–H groups in total. The quantitative estimate of drug-likeness (QED) is 0.824. The average Bonchev–Trinajstić information content (AvgIpc) is 2.17. The van der Waals surface area contributed by atoms with Gasteiger partial charge in [-0.2, -0.15) is 0 Å². The highest BCUT2D eigenvalue weighted by Crippen LogP contribution is 2.27. The predicted octanol–water partition coefficient (Wildman–Crippen LogP) is 3.54. The van der Waals surface area contributed by atoms with Gasteiger partial charge in [0.15, 0.2) is 0 Å². The highest BCUT2D eigenvalue weighted by atomic mass is 79.9. The summed E-state index contributed by atoms with van der Waals surface area (Å²) in [6, 6.07) is 8.91. The first-order chi connectivity index (χ1) is 6.74. The third kappa shape index (κ3) is 4.03. The molecule has 14 heavy (non-hydrogen) atoms. The number of nitrogens with one attached hydrogen (secondary N) is 1. The highest BCUT2D eigenvalue weighted by molar-refractivity contribution is 9.10. The summed E-state index contributed by atoms with van der Waals surface area (Å²) in [6.07, 6.45) is 0. The van der Waals surface area contributed by atoms with Crippen molar-refractivity contribution in [1.82, 2.24) is 5.32 Å². The molecular formula is C11H16BrNS. The fourth-order valence-corrected chi connectivity index (χ4v) is 2.74. The van der Waals surface area contributed by atoms with E-state index < -0.39 is 0 Å². The van der Waals surface area contributed by atoms with Gasteiger partial charge in [0, 0.05) is 21.2 Å². The third-order valence-corrected chi connectivity index (χ3v) is 4.17. The van der Waals surface area contributed by atoms with Crippen molar-refractivity contribution >= 4 is 27.7 Å². The van der Waals surface area contributed by atoms with E-state index in [0.717, 1.165) is 12.3 Å². The molecule has 0 aliphatic carbocycles. The molecular weight excluding hydrogens is 258 g/mol. The maximum absolute atomic E-state index is 3.54. The zero-order valence-electron chi connectivity index (χ0n) is 8.59. The molecule has 1 atom stereocenters. The van der Waals surface area contributed by atoms with Gasteiger partial charge in [0.1, 0.15) is 0 Å². The molecule has 0 heterocycles. The van der Waals surface area contributed by atoms with Gasteiger partial charge >= 0.3 is 0 Å². The first-order valence-corrected chi connectivity index (χ1v) is 6.62. The molecule has 0 saturated heterocycles. The van der Waals surface area contributed by atoms with Gasteiger partial charge in [-0.15, -0.1) is 11.8 Å². The van der Waals surface area contributed by atoms with Gasteiger partial charge in [0.2, 0.25) is 0 Å². The average molecular weight is 274 g/mol. The normalized spacial score (nSPS) is 12.8. The van der Waals surface area contributed by atoms with E-state index >= 15 is 0 Å². The van der Waals surface area contributed by atoms with Gasteiger partial charge < -0.3 is 5.32 Å². The van der Waals surface area contributed by atoms with Crippen molar-refractivity contribution < 1.29 is 0 Å². The van der Waals surface area contributed by atoms with Gasteiger partial charge in [0.05, 0.1) is 0 Å². The van der Waals surface area contributed by atoms with Crippen LogP contribution < -0.4 is 5.32 Å². The summed E-state index contributed by atoms with van der Waals surface area (Å²) in [6.45, 7) is 5.39. The number of hydrogen-bond donors (Lipinski definition) is 1. The molecule has 0 aliphatic heterocycles. The molecule has 1 nitrogen and oxygen atoms in total. The molecule has 1 aromatic carbocycles. The lowest BCUT2D eigenvalue weighted by atomic mass is 10.4. The second kappa shape index (κ2) is 6.49. The summed E-state index contributed by atoms with van der Waals surface area (Å²) in [5, 5.41) is 3.40. The standard InChI is InChI=1S/C11H16BrNS/c1-3-13-9(2)8-14-11-7-5-4-6-10(11)12/h4-7,9,13H,3,8H2,1-2H3. The molecule has 0 aromatic heterocycles. The van der Waals surface area contributed by atoms with E-state index in [1.807, 2.05) is 17.8 Å². The Bertz CT molecular complexity index is 278. The van der Waals surface area contributed by atoms with Gasteiger partial charge in [-0.05, 0) is 41.5 Å². The first-order valence-electron chi connectivity index (χ1n) is 4.84. The number of hydrogen-bond acceptors (Lipinski definition) is 2. The minimum Gasteiger partial charge on any atom is -0.314 e. The fourth-order valence-electron chi connectivity index (χ4n) is 1.18. The van der Waals surface area contributed by atoms with Crippen LogP contribution in [0.2, 0.25) is 0 Å². The molecule has 1 rings (SSSR count). The van der Waals surface area contributed by atoms with E-state index in [0.29, 0.717) is 6.04 Å². The topological polar surface area (TPSA) is 12.0 Å². The summed E-state index contributed by atoms with van der Waals surface area (Å²) in [7, 11) is 0. The van der Waals surface area contributed by atoms with Crippen molar-refractivity contribution in [2.45, 2.75) is 24.8 Å². The van der Waals surface area contributed by atoms with Gasteiger partial charge in [-0.25, -0.2) is 0 Å². The van der Waals surface area contributed by atoms with Crippen molar-refractivity contribution in [3.05, 3.63) is 28.7 Å². The van der Waals surface area contributed by atoms with Crippen LogP contribution >= 0.6 is 27.7 Å². The van der Waals surface area contributed by atoms with Crippen molar-refractivity contribution in [1.29, 1.82) is 0 Å². The molecule has 78 valence electrons. The van der Waals surface area contributed by atoms with Crippen molar-refractivity contribution in [2.75, 3.05) is 12.3 Å². The van der Waals surface area contributed by atoms with Crippen LogP contribution in [0.15, 0.2) is 33.6 Å². The summed E-state index contributed by atoms with van der Waals surface area (Å²) in [5.74, 6) is 1.11. The second-order valence-electron chi connectivity index (χ2n) is 3.20. The number of halogens is 1. The predicted molar refractivity (Wildman–Crippen MR) is 68.0 cm³/mol. The summed E-state index contributed by atoms with van der Waals surface area (Å²) < 4.78 is 1.19. The van der Waals surface area contributed by atoms with Crippen molar-refractivity contribution in [3.8, 4) is 0 Å². The second-order valence-corrected chi connectivity index (χ2v) is 5.12. The van der Waals surface area contributed by atoms with E-state index in [9.17, 15) is 0 Å². The van der Waals surface area contributed by atoms with Crippen LogP contribution in [0.5, 0.6) is 0 Å². The molecule has 0 radical (unpaired) electrons. The van der Waals surface area contributed by atoms with E-state index in [1.54, 1.807) is 0 Å². The molecule has 3 heteroatoms. The smallest absolute Gasteiger partial charge is 0.0311 e. The lowest BCUT2D eigenvalue weighted by molar-refractivity contribution is 0.620. The highest BCUT2D eigenvalue weighted by Gasteiger charge is 2.03. The molecule has 0 amide bonds. The monoisotopic (exact) mass is 273 g/mol. The Labute approximate surface area is 98.8 Å². The number of rotatable bonds is 5. The maximum atomic E-state index is 3.54. The van der Waals surface area contributed by atoms with Crippen molar-refractivity contribution in [2.24, 2.45) is 0 Å². The minimum absolute atomic E-state index is 0.567. The SMILES string of the molecule is CCNC(C)CSc1ccccc1Br. The molecule has 0 aliphatic rings. The Hall–Kier alpha value is 0.01000. The largest absolute Gasteiger partial charge is 0.314 e. The molecule has 0 spiro atoms. The number of benzene rings is 1. The van der Waals surface area contributed by atoms with Crippen LogP contribution in [-0.2, 0) is 0 Å². The molecule has 0 saturated carbocycles.